The molecule has 0 saturated carbocycles. The molecule has 0 aromatic heterocycles. The first-order chi connectivity index (χ1) is 18.0. The quantitative estimate of drug-likeness (QED) is 0.349. The minimum Gasteiger partial charge on any atom is -0.378 e. The molecule has 3 aromatic rings. The van der Waals surface area contributed by atoms with Gasteiger partial charge in [0.2, 0.25) is 0 Å². The number of halogens is 2. The van der Waals surface area contributed by atoms with E-state index in [1.807, 2.05) is 67.5 Å². The van der Waals surface area contributed by atoms with Crippen LogP contribution in [0.15, 0.2) is 78.0 Å². The maximum atomic E-state index is 14.1. The number of para-hydroxylation sites is 2. The number of fused-ring (bicyclic) bond motifs is 1. The van der Waals surface area contributed by atoms with Crippen LogP contribution in [0.4, 0.5) is 27.5 Å². The lowest BCUT2D eigenvalue weighted by Gasteiger charge is -2.37. The van der Waals surface area contributed by atoms with E-state index in [9.17, 15) is 9.59 Å². The Morgan fingerprint density at radius 3 is 2.39 bits per heavy atom. The lowest BCUT2D eigenvalue weighted by Crippen LogP contribution is -2.41. The SMILES string of the molecule is CN(C)c1ccc(C2C3=C(CC(C)(C)CC3=O)Nc3ccccc3N2C(=O)Nc2ccc(Cl)c(Cl)c2)cc1. The Kier molecular flexibility index (Phi) is 6.88. The molecule has 2 N–H and O–H groups in total. The highest BCUT2D eigenvalue weighted by Crippen LogP contribution is 2.48. The standard InChI is InChI=1S/C30H30Cl2N4O2/c1-30(2)16-24-27(26(37)17-30)28(18-9-12-20(13-10-18)35(3)4)36(25-8-6-5-7-23(25)34-24)29(38)33-19-11-14-21(31)22(32)15-19/h5-15,28,34H,16-17H2,1-4H3,(H,33,38). The summed E-state index contributed by atoms with van der Waals surface area (Å²) in [6.45, 7) is 4.20. The van der Waals surface area contributed by atoms with Gasteiger partial charge in [0.05, 0.1) is 27.5 Å². The number of amides is 2. The third-order valence-electron chi connectivity index (χ3n) is 7.02. The summed E-state index contributed by atoms with van der Waals surface area (Å²) < 4.78 is 0. The second kappa shape index (κ2) is 10.0. The van der Waals surface area contributed by atoms with Gasteiger partial charge in [-0.15, -0.1) is 0 Å². The van der Waals surface area contributed by atoms with E-state index >= 15 is 0 Å². The first kappa shape index (κ1) is 26.1. The number of ketones is 1. The van der Waals surface area contributed by atoms with Crippen molar-refractivity contribution >= 4 is 57.8 Å². The number of Topliss-reactive ketones (excluding diaryl/α,β-unsaturated/α-hetero) is 1. The van der Waals surface area contributed by atoms with Gasteiger partial charge in [-0.05, 0) is 59.9 Å². The topological polar surface area (TPSA) is 64.7 Å². The smallest absolute Gasteiger partial charge is 0.327 e. The number of anilines is 4. The third kappa shape index (κ3) is 4.98. The molecule has 1 aliphatic heterocycles. The average Bonchev–Trinajstić information content (AvgIpc) is 3.00. The fraction of sp³-hybridized carbons (Fsp3) is 0.267. The summed E-state index contributed by atoms with van der Waals surface area (Å²) in [6.07, 6.45) is 1.09. The van der Waals surface area contributed by atoms with E-state index in [0.29, 0.717) is 39.8 Å². The fourth-order valence-corrected chi connectivity index (χ4v) is 5.54. The van der Waals surface area contributed by atoms with Crippen molar-refractivity contribution in [2.45, 2.75) is 32.7 Å². The van der Waals surface area contributed by atoms with Crippen LogP contribution < -0.4 is 20.4 Å². The first-order valence-corrected chi connectivity index (χ1v) is 13.2. The zero-order chi connectivity index (χ0) is 27.2. The van der Waals surface area contributed by atoms with Crippen molar-refractivity contribution in [3.05, 3.63) is 93.6 Å². The molecule has 1 unspecified atom stereocenters. The van der Waals surface area contributed by atoms with Crippen molar-refractivity contribution in [3.8, 4) is 0 Å². The van der Waals surface area contributed by atoms with Gasteiger partial charge in [-0.2, -0.15) is 0 Å². The van der Waals surface area contributed by atoms with E-state index in [2.05, 4.69) is 24.5 Å². The summed E-state index contributed by atoms with van der Waals surface area (Å²) in [7, 11) is 3.95. The van der Waals surface area contributed by atoms with Gasteiger partial charge in [0.25, 0.3) is 0 Å². The molecule has 0 spiro atoms. The molecule has 0 radical (unpaired) electrons. The largest absolute Gasteiger partial charge is 0.378 e. The number of rotatable bonds is 3. The molecule has 196 valence electrons. The molecule has 5 rings (SSSR count). The number of benzene rings is 3. The summed E-state index contributed by atoms with van der Waals surface area (Å²) in [6, 6.07) is 19.6. The van der Waals surface area contributed by atoms with Crippen LogP contribution >= 0.6 is 23.2 Å². The highest BCUT2D eigenvalue weighted by Gasteiger charge is 2.43. The Labute approximate surface area is 233 Å². The zero-order valence-electron chi connectivity index (χ0n) is 21.8. The van der Waals surface area contributed by atoms with E-state index in [1.54, 1.807) is 23.1 Å². The van der Waals surface area contributed by atoms with Gasteiger partial charge < -0.3 is 15.5 Å². The summed E-state index contributed by atoms with van der Waals surface area (Å²) >= 11 is 12.3. The Hall–Kier alpha value is -3.48. The molecule has 0 bridgehead atoms. The first-order valence-electron chi connectivity index (χ1n) is 12.5. The van der Waals surface area contributed by atoms with Crippen LogP contribution in [0.3, 0.4) is 0 Å². The summed E-state index contributed by atoms with van der Waals surface area (Å²) in [4.78, 5) is 31.6. The summed E-state index contributed by atoms with van der Waals surface area (Å²) in [5.41, 5.74) is 5.08. The van der Waals surface area contributed by atoms with Crippen LogP contribution in [0.1, 0.15) is 38.3 Å². The van der Waals surface area contributed by atoms with Crippen LogP contribution in [0, 0.1) is 5.41 Å². The molecule has 38 heavy (non-hydrogen) atoms. The van der Waals surface area contributed by atoms with Crippen molar-refractivity contribution in [3.63, 3.8) is 0 Å². The van der Waals surface area contributed by atoms with Gasteiger partial charge in [0.1, 0.15) is 0 Å². The Bertz CT molecular complexity index is 1450. The van der Waals surface area contributed by atoms with E-state index in [0.717, 1.165) is 22.6 Å². The minimum atomic E-state index is -0.635. The maximum absolute atomic E-state index is 14.1. The van der Waals surface area contributed by atoms with E-state index in [4.69, 9.17) is 23.2 Å². The average molecular weight is 550 g/mol. The molecule has 3 aromatic carbocycles. The molecular weight excluding hydrogens is 519 g/mol. The van der Waals surface area contributed by atoms with E-state index in [-0.39, 0.29) is 17.2 Å². The van der Waals surface area contributed by atoms with Gasteiger partial charge in [0, 0.05) is 43.2 Å². The van der Waals surface area contributed by atoms with Gasteiger partial charge in [-0.25, -0.2) is 4.79 Å². The molecule has 0 saturated heterocycles. The lowest BCUT2D eigenvalue weighted by atomic mass is 9.73. The number of allylic oxidation sites excluding steroid dienone is 1. The normalized spacial score (nSPS) is 18.2. The molecule has 2 aliphatic rings. The second-order valence-corrected chi connectivity index (χ2v) is 11.6. The van der Waals surface area contributed by atoms with Crippen molar-refractivity contribution < 1.29 is 9.59 Å². The predicted octanol–water partition coefficient (Wildman–Crippen LogP) is 7.91. The predicted molar refractivity (Wildman–Crippen MR) is 157 cm³/mol. The molecule has 6 nitrogen and oxygen atoms in total. The van der Waals surface area contributed by atoms with Crippen molar-refractivity contribution in [2.75, 3.05) is 34.5 Å². The van der Waals surface area contributed by atoms with Crippen molar-refractivity contribution in [1.29, 1.82) is 0 Å². The van der Waals surface area contributed by atoms with Crippen LogP contribution in [0.2, 0.25) is 10.0 Å². The number of hydrogen-bond acceptors (Lipinski definition) is 4. The molecule has 0 fully saturated rings. The van der Waals surface area contributed by atoms with E-state index < -0.39 is 6.04 Å². The highest BCUT2D eigenvalue weighted by atomic mass is 35.5. The van der Waals surface area contributed by atoms with Crippen LogP contribution in [-0.4, -0.2) is 25.9 Å². The molecule has 1 heterocycles. The molecule has 1 atom stereocenters. The zero-order valence-corrected chi connectivity index (χ0v) is 23.3. The van der Waals surface area contributed by atoms with Gasteiger partial charge in [0.15, 0.2) is 5.78 Å². The van der Waals surface area contributed by atoms with Gasteiger partial charge >= 0.3 is 6.03 Å². The molecule has 8 heteroatoms. The summed E-state index contributed by atoms with van der Waals surface area (Å²) in [5, 5.41) is 7.25. The second-order valence-electron chi connectivity index (χ2n) is 10.8. The Morgan fingerprint density at radius 1 is 1.00 bits per heavy atom. The Balaban J connectivity index is 1.70. The number of nitrogens with zero attached hydrogens (tertiary/aromatic N) is 2. The number of hydrogen-bond donors (Lipinski definition) is 2. The number of carbonyl (C=O) groups is 2. The fourth-order valence-electron chi connectivity index (χ4n) is 5.24. The monoisotopic (exact) mass is 548 g/mol. The molecule has 2 amide bonds. The minimum absolute atomic E-state index is 0.0329. The number of carbonyl (C=O) groups excluding carboxylic acids is 2. The molecular formula is C30H30Cl2N4O2. The highest BCUT2D eigenvalue weighted by molar-refractivity contribution is 6.42. The van der Waals surface area contributed by atoms with E-state index in [1.165, 1.54) is 0 Å². The molecule has 1 aliphatic carbocycles. The third-order valence-corrected chi connectivity index (χ3v) is 7.75. The van der Waals surface area contributed by atoms with Crippen LogP contribution in [0.5, 0.6) is 0 Å². The Morgan fingerprint density at radius 2 is 1.71 bits per heavy atom. The number of urea groups is 1. The van der Waals surface area contributed by atoms with Crippen LogP contribution in [0.25, 0.3) is 0 Å². The van der Waals surface area contributed by atoms with Gasteiger partial charge in [-0.1, -0.05) is 61.3 Å². The summed E-state index contributed by atoms with van der Waals surface area (Å²) in [5.74, 6) is 0.0329. The lowest BCUT2D eigenvalue weighted by molar-refractivity contribution is -0.118. The maximum Gasteiger partial charge on any atom is 0.327 e. The van der Waals surface area contributed by atoms with Crippen LogP contribution in [-0.2, 0) is 4.79 Å². The van der Waals surface area contributed by atoms with Crippen molar-refractivity contribution in [2.24, 2.45) is 5.41 Å². The van der Waals surface area contributed by atoms with Crippen molar-refractivity contribution in [1.82, 2.24) is 0 Å². The number of nitrogens with one attached hydrogen (secondary N) is 2. The van der Waals surface area contributed by atoms with Gasteiger partial charge in [-0.3, -0.25) is 9.69 Å².